The largest absolute Gasteiger partial charge is 0.448 e. The number of carbonyl (C=O) groups is 1. The number of hydrogen-bond donors (Lipinski definition) is 2. The Hall–Kier alpha value is -2.06. The van der Waals surface area contributed by atoms with E-state index < -0.39 is 6.09 Å². The van der Waals surface area contributed by atoms with Crippen molar-refractivity contribution in [2.45, 2.75) is 13.3 Å². The zero-order valence-electron chi connectivity index (χ0n) is 10.4. The Kier molecular flexibility index (Phi) is 6.30. The van der Waals surface area contributed by atoms with Gasteiger partial charge >= 0.3 is 6.09 Å². The average Bonchev–Trinajstić information content (AvgIpc) is 2.38. The first-order valence-electron chi connectivity index (χ1n) is 5.91. The highest BCUT2D eigenvalue weighted by Gasteiger charge is 2.03. The summed E-state index contributed by atoms with van der Waals surface area (Å²) in [6.45, 7) is 3.95. The van der Waals surface area contributed by atoms with Crippen molar-refractivity contribution in [3.63, 3.8) is 0 Å². The molecule has 18 heavy (non-hydrogen) atoms. The second-order valence-corrected chi connectivity index (χ2v) is 3.70. The number of anilines is 1. The van der Waals surface area contributed by atoms with Crippen LogP contribution in [0.5, 0.6) is 0 Å². The number of hydrogen-bond acceptors (Lipinski definition) is 4. The zero-order chi connectivity index (χ0) is 13.2. The molecule has 0 saturated carbocycles. The second kappa shape index (κ2) is 8.09. The van der Waals surface area contributed by atoms with E-state index >= 15 is 0 Å². The third-order valence-electron chi connectivity index (χ3n) is 2.18. The molecule has 0 spiro atoms. The monoisotopic (exact) mass is 247 g/mol. The molecule has 0 unspecified atom stereocenters. The molecule has 0 aliphatic heterocycles. The fraction of sp³-hybridized carbons (Fsp3) is 0.385. The van der Waals surface area contributed by atoms with Crippen molar-refractivity contribution in [3.8, 4) is 6.07 Å². The molecule has 1 rings (SSSR count). The number of nitrogens with zero attached hydrogens (tertiary/aromatic N) is 1. The smallest absolute Gasteiger partial charge is 0.411 e. The van der Waals surface area contributed by atoms with E-state index in [-0.39, 0.29) is 0 Å². The van der Waals surface area contributed by atoms with E-state index in [4.69, 9.17) is 10.00 Å². The fourth-order valence-electron chi connectivity index (χ4n) is 1.34. The van der Waals surface area contributed by atoms with E-state index in [1.165, 1.54) is 0 Å². The van der Waals surface area contributed by atoms with Gasteiger partial charge in [-0.2, -0.15) is 5.26 Å². The molecule has 0 fully saturated rings. The van der Waals surface area contributed by atoms with Gasteiger partial charge in [-0.1, -0.05) is 13.0 Å². The average molecular weight is 247 g/mol. The first-order valence-corrected chi connectivity index (χ1v) is 5.91. The number of carbonyl (C=O) groups excluding carboxylic acids is 1. The van der Waals surface area contributed by atoms with E-state index in [1.54, 1.807) is 24.3 Å². The van der Waals surface area contributed by atoms with E-state index in [1.807, 2.05) is 6.07 Å². The van der Waals surface area contributed by atoms with Gasteiger partial charge in [0, 0.05) is 12.2 Å². The van der Waals surface area contributed by atoms with E-state index in [0.29, 0.717) is 24.4 Å². The van der Waals surface area contributed by atoms with Crippen LogP contribution in [0.3, 0.4) is 0 Å². The van der Waals surface area contributed by atoms with Crippen LogP contribution in [0.4, 0.5) is 10.5 Å². The molecule has 1 aromatic rings. The van der Waals surface area contributed by atoms with Crippen molar-refractivity contribution in [3.05, 3.63) is 29.8 Å². The molecular weight excluding hydrogens is 230 g/mol. The quantitative estimate of drug-likeness (QED) is 0.755. The van der Waals surface area contributed by atoms with E-state index in [2.05, 4.69) is 17.6 Å². The van der Waals surface area contributed by atoms with Gasteiger partial charge in [0.2, 0.25) is 0 Å². The topological polar surface area (TPSA) is 74.2 Å². The summed E-state index contributed by atoms with van der Waals surface area (Å²) in [6, 6.07) is 8.68. The first-order chi connectivity index (χ1) is 8.76. The van der Waals surface area contributed by atoms with Crippen molar-refractivity contribution < 1.29 is 9.53 Å². The van der Waals surface area contributed by atoms with Gasteiger partial charge in [0.15, 0.2) is 0 Å². The Morgan fingerprint density at radius 1 is 1.44 bits per heavy atom. The van der Waals surface area contributed by atoms with Gasteiger partial charge in [-0.25, -0.2) is 4.79 Å². The highest BCUT2D eigenvalue weighted by Crippen LogP contribution is 2.09. The standard InChI is InChI=1S/C13H17N3O2/c1-2-6-15-7-8-18-13(17)16-12-5-3-4-11(9-12)10-14/h3-5,9,15H,2,6-8H2,1H3,(H,16,17). The minimum atomic E-state index is -0.511. The SMILES string of the molecule is CCCNCCOC(=O)Nc1cccc(C#N)c1. The first kappa shape index (κ1) is 14.0. The Morgan fingerprint density at radius 3 is 3.00 bits per heavy atom. The highest BCUT2D eigenvalue weighted by atomic mass is 16.5. The Bertz CT molecular complexity index is 426. The van der Waals surface area contributed by atoms with Gasteiger partial charge in [0.25, 0.3) is 0 Å². The summed E-state index contributed by atoms with van der Waals surface area (Å²) in [5.41, 5.74) is 1.05. The van der Waals surface area contributed by atoms with Gasteiger partial charge in [-0.05, 0) is 31.2 Å². The molecule has 0 aromatic heterocycles. The van der Waals surface area contributed by atoms with Crippen molar-refractivity contribution in [2.24, 2.45) is 0 Å². The minimum Gasteiger partial charge on any atom is -0.448 e. The molecule has 5 nitrogen and oxygen atoms in total. The molecule has 2 N–H and O–H groups in total. The van der Waals surface area contributed by atoms with Crippen LogP contribution in [0, 0.1) is 11.3 Å². The lowest BCUT2D eigenvalue weighted by molar-refractivity contribution is 0.162. The molecule has 5 heteroatoms. The lowest BCUT2D eigenvalue weighted by Gasteiger charge is -2.07. The molecule has 0 bridgehead atoms. The third-order valence-corrected chi connectivity index (χ3v) is 2.18. The molecule has 0 aliphatic carbocycles. The lowest BCUT2D eigenvalue weighted by Crippen LogP contribution is -2.23. The van der Waals surface area contributed by atoms with Crippen LogP contribution in [0.2, 0.25) is 0 Å². The van der Waals surface area contributed by atoms with Crippen LogP contribution in [-0.2, 0) is 4.74 Å². The Balaban J connectivity index is 2.29. The second-order valence-electron chi connectivity index (χ2n) is 3.70. The van der Waals surface area contributed by atoms with E-state index in [9.17, 15) is 4.79 Å². The van der Waals surface area contributed by atoms with Gasteiger partial charge in [0.05, 0.1) is 11.6 Å². The Labute approximate surface area is 107 Å². The van der Waals surface area contributed by atoms with Gasteiger partial charge < -0.3 is 10.1 Å². The lowest BCUT2D eigenvalue weighted by atomic mass is 10.2. The fourth-order valence-corrected chi connectivity index (χ4v) is 1.34. The van der Waals surface area contributed by atoms with Crippen molar-refractivity contribution in [1.29, 1.82) is 5.26 Å². The molecule has 0 saturated heterocycles. The number of rotatable bonds is 6. The molecule has 1 amide bonds. The summed E-state index contributed by atoms with van der Waals surface area (Å²) in [7, 11) is 0. The van der Waals surface area contributed by atoms with Crippen LogP contribution < -0.4 is 10.6 Å². The van der Waals surface area contributed by atoms with Crippen molar-refractivity contribution >= 4 is 11.8 Å². The predicted molar refractivity (Wildman–Crippen MR) is 69.3 cm³/mol. The van der Waals surface area contributed by atoms with Crippen LogP contribution in [-0.4, -0.2) is 25.8 Å². The maximum atomic E-state index is 11.4. The molecule has 1 aromatic carbocycles. The van der Waals surface area contributed by atoms with Crippen LogP contribution >= 0.6 is 0 Å². The van der Waals surface area contributed by atoms with Crippen LogP contribution in [0.25, 0.3) is 0 Å². The minimum absolute atomic E-state index is 0.323. The molecule has 0 radical (unpaired) electrons. The number of amides is 1. The number of ether oxygens (including phenoxy) is 1. The predicted octanol–water partition coefficient (Wildman–Crippen LogP) is 2.11. The third kappa shape index (κ3) is 5.32. The zero-order valence-corrected chi connectivity index (χ0v) is 10.4. The maximum Gasteiger partial charge on any atom is 0.411 e. The molecule has 0 atom stereocenters. The Morgan fingerprint density at radius 2 is 2.28 bits per heavy atom. The molecule has 0 aliphatic rings. The van der Waals surface area contributed by atoms with Gasteiger partial charge in [-0.3, -0.25) is 5.32 Å². The normalized spacial score (nSPS) is 9.56. The number of benzene rings is 1. The number of nitrogens with one attached hydrogen (secondary N) is 2. The summed E-state index contributed by atoms with van der Waals surface area (Å²) in [4.78, 5) is 11.4. The molecular formula is C13H17N3O2. The van der Waals surface area contributed by atoms with Crippen molar-refractivity contribution in [1.82, 2.24) is 5.32 Å². The van der Waals surface area contributed by atoms with Crippen LogP contribution in [0.1, 0.15) is 18.9 Å². The van der Waals surface area contributed by atoms with Gasteiger partial charge in [0.1, 0.15) is 6.61 Å². The molecule has 0 heterocycles. The molecule has 96 valence electrons. The summed E-state index contributed by atoms with van der Waals surface area (Å²) >= 11 is 0. The summed E-state index contributed by atoms with van der Waals surface area (Å²) in [5, 5.41) is 14.4. The summed E-state index contributed by atoms with van der Waals surface area (Å²) < 4.78 is 4.97. The van der Waals surface area contributed by atoms with Crippen molar-refractivity contribution in [2.75, 3.05) is 25.0 Å². The van der Waals surface area contributed by atoms with Crippen LogP contribution in [0.15, 0.2) is 24.3 Å². The maximum absolute atomic E-state index is 11.4. The highest BCUT2D eigenvalue weighted by molar-refractivity contribution is 5.84. The van der Waals surface area contributed by atoms with E-state index in [0.717, 1.165) is 13.0 Å². The summed E-state index contributed by atoms with van der Waals surface area (Å²) in [6.07, 6.45) is 0.538. The number of nitriles is 1. The summed E-state index contributed by atoms with van der Waals surface area (Å²) in [5.74, 6) is 0. The van der Waals surface area contributed by atoms with Gasteiger partial charge in [-0.15, -0.1) is 0 Å².